The third-order valence-electron chi connectivity index (χ3n) is 3.89. The summed E-state index contributed by atoms with van der Waals surface area (Å²) < 4.78 is 39.1. The second kappa shape index (κ2) is 5.75. The minimum absolute atomic E-state index is 0.0852. The number of hydrogen-bond acceptors (Lipinski definition) is 5. The number of sulfonamides is 1. The fourth-order valence-corrected chi connectivity index (χ4v) is 4.25. The lowest BCUT2D eigenvalue weighted by molar-refractivity contribution is 0.533. The molecule has 22 heavy (non-hydrogen) atoms. The molecule has 1 aromatic rings. The van der Waals surface area contributed by atoms with E-state index < -0.39 is 15.8 Å². The molecular weight excluding hydrogens is 307 g/mol. The average Bonchev–Trinajstić information content (AvgIpc) is 3.02. The Morgan fingerprint density at radius 2 is 2.18 bits per heavy atom. The Hall–Kier alpha value is -1.83. The molecule has 0 unspecified atom stereocenters. The van der Waals surface area contributed by atoms with Crippen molar-refractivity contribution in [1.82, 2.24) is 10.2 Å². The van der Waals surface area contributed by atoms with Crippen molar-refractivity contribution in [3.05, 3.63) is 29.6 Å². The molecule has 120 valence electrons. The van der Waals surface area contributed by atoms with Gasteiger partial charge in [-0.15, -0.1) is 0 Å². The lowest BCUT2D eigenvalue weighted by Gasteiger charge is -2.19. The van der Waals surface area contributed by atoms with Gasteiger partial charge in [-0.1, -0.05) is 6.07 Å². The largest absolute Gasteiger partial charge is 0.352 e. The first kappa shape index (κ1) is 15.1. The number of rotatable bonds is 3. The number of aliphatic imine (C=N–C) groups is 1. The van der Waals surface area contributed by atoms with Crippen LogP contribution in [0.25, 0.3) is 0 Å². The Balaban J connectivity index is 1.72. The van der Waals surface area contributed by atoms with E-state index in [0.717, 1.165) is 28.9 Å². The van der Waals surface area contributed by atoms with Crippen molar-refractivity contribution in [1.29, 1.82) is 0 Å². The van der Waals surface area contributed by atoms with Crippen molar-refractivity contribution in [2.75, 3.05) is 36.7 Å². The molecule has 1 fully saturated rings. The molecule has 0 amide bonds. The summed E-state index contributed by atoms with van der Waals surface area (Å²) in [5.74, 6) is 0.375. The monoisotopic (exact) mass is 326 g/mol. The second-order valence-corrected chi connectivity index (χ2v) is 7.52. The molecule has 0 aromatic heterocycles. The number of hydrogen-bond donors (Lipinski definition) is 1. The zero-order chi connectivity index (χ0) is 15.7. The van der Waals surface area contributed by atoms with E-state index in [4.69, 9.17) is 0 Å². The number of anilines is 1. The van der Waals surface area contributed by atoms with Crippen LogP contribution in [0.5, 0.6) is 0 Å². The van der Waals surface area contributed by atoms with Gasteiger partial charge < -0.3 is 10.2 Å². The van der Waals surface area contributed by atoms with Gasteiger partial charge in [-0.2, -0.15) is 0 Å². The van der Waals surface area contributed by atoms with E-state index in [1.165, 1.54) is 12.1 Å². The number of likely N-dealkylation sites (N-methyl/N-ethyl adjacent to an activating group) is 1. The summed E-state index contributed by atoms with van der Waals surface area (Å²) in [7, 11) is -1.41. The third-order valence-corrected chi connectivity index (χ3v) is 5.74. The van der Waals surface area contributed by atoms with Crippen LogP contribution in [0, 0.1) is 5.82 Å². The van der Waals surface area contributed by atoms with Gasteiger partial charge in [-0.3, -0.25) is 9.30 Å². The van der Waals surface area contributed by atoms with Gasteiger partial charge in [0, 0.05) is 26.7 Å². The SMILES string of the molecule is CN1CCN=C1NCc1ccc(N2CCCS2(=O)=O)c(F)c1. The van der Waals surface area contributed by atoms with E-state index in [1.807, 2.05) is 11.9 Å². The number of nitrogens with one attached hydrogen (secondary N) is 1. The van der Waals surface area contributed by atoms with E-state index >= 15 is 0 Å². The van der Waals surface area contributed by atoms with E-state index in [0.29, 0.717) is 19.5 Å². The fraction of sp³-hybridized carbons (Fsp3) is 0.500. The summed E-state index contributed by atoms with van der Waals surface area (Å²) in [5, 5.41) is 3.16. The molecule has 0 atom stereocenters. The molecule has 1 N–H and O–H groups in total. The lowest BCUT2D eigenvalue weighted by atomic mass is 10.2. The van der Waals surface area contributed by atoms with Crippen molar-refractivity contribution < 1.29 is 12.8 Å². The highest BCUT2D eigenvalue weighted by molar-refractivity contribution is 7.93. The summed E-state index contributed by atoms with van der Waals surface area (Å²) in [5.41, 5.74) is 0.886. The number of nitrogens with zero attached hydrogens (tertiary/aromatic N) is 3. The molecule has 0 aliphatic carbocycles. The predicted octanol–water partition coefficient (Wildman–Crippen LogP) is 0.757. The summed E-state index contributed by atoms with van der Waals surface area (Å²) in [6, 6.07) is 4.66. The van der Waals surface area contributed by atoms with Crippen LogP contribution in [-0.4, -0.2) is 51.7 Å². The van der Waals surface area contributed by atoms with Crippen molar-refractivity contribution in [3.63, 3.8) is 0 Å². The molecule has 3 rings (SSSR count). The van der Waals surface area contributed by atoms with Crippen LogP contribution in [0.2, 0.25) is 0 Å². The van der Waals surface area contributed by atoms with Crippen molar-refractivity contribution in [3.8, 4) is 0 Å². The number of benzene rings is 1. The van der Waals surface area contributed by atoms with Crippen LogP contribution >= 0.6 is 0 Å². The van der Waals surface area contributed by atoms with Gasteiger partial charge >= 0.3 is 0 Å². The maximum atomic E-state index is 14.2. The Labute approximate surface area is 129 Å². The normalized spacial score (nSPS) is 20.4. The molecule has 6 nitrogen and oxygen atoms in total. The lowest BCUT2D eigenvalue weighted by Crippen LogP contribution is -2.35. The summed E-state index contributed by atoms with van der Waals surface area (Å²) >= 11 is 0. The molecule has 0 bridgehead atoms. The minimum atomic E-state index is -3.36. The highest BCUT2D eigenvalue weighted by atomic mass is 32.2. The maximum Gasteiger partial charge on any atom is 0.235 e. The Kier molecular flexibility index (Phi) is 3.94. The molecule has 2 aliphatic rings. The molecule has 1 saturated heterocycles. The zero-order valence-electron chi connectivity index (χ0n) is 12.4. The van der Waals surface area contributed by atoms with Crippen LogP contribution in [-0.2, 0) is 16.6 Å². The standard InChI is InChI=1S/C14H19FN4O2S/c1-18-7-5-16-14(18)17-10-11-3-4-13(12(15)9-11)19-6-2-8-22(19,20)21/h3-4,9H,2,5-8,10H2,1H3,(H,16,17). The van der Waals surface area contributed by atoms with Crippen LogP contribution in [0.3, 0.4) is 0 Å². The van der Waals surface area contributed by atoms with E-state index in [2.05, 4.69) is 10.3 Å². The van der Waals surface area contributed by atoms with E-state index in [1.54, 1.807) is 6.07 Å². The summed E-state index contributed by atoms with van der Waals surface area (Å²) in [6.07, 6.45) is 0.539. The Morgan fingerprint density at radius 3 is 2.77 bits per heavy atom. The van der Waals surface area contributed by atoms with Crippen molar-refractivity contribution >= 4 is 21.7 Å². The van der Waals surface area contributed by atoms with Gasteiger partial charge in [0.05, 0.1) is 18.0 Å². The minimum Gasteiger partial charge on any atom is -0.352 e. The van der Waals surface area contributed by atoms with Gasteiger partial charge in [-0.05, 0) is 24.1 Å². The van der Waals surface area contributed by atoms with Crippen LogP contribution < -0.4 is 9.62 Å². The smallest absolute Gasteiger partial charge is 0.235 e. The second-order valence-electron chi connectivity index (χ2n) is 5.51. The summed E-state index contributed by atoms with van der Waals surface area (Å²) in [6.45, 7) is 2.44. The van der Waals surface area contributed by atoms with Crippen molar-refractivity contribution in [2.45, 2.75) is 13.0 Å². The molecule has 2 heterocycles. The zero-order valence-corrected chi connectivity index (χ0v) is 13.2. The van der Waals surface area contributed by atoms with Gasteiger partial charge in [0.1, 0.15) is 5.82 Å². The average molecular weight is 326 g/mol. The molecule has 8 heteroatoms. The summed E-state index contributed by atoms with van der Waals surface area (Å²) in [4.78, 5) is 6.31. The van der Waals surface area contributed by atoms with E-state index in [-0.39, 0.29) is 11.4 Å². The highest BCUT2D eigenvalue weighted by Gasteiger charge is 2.30. The maximum absolute atomic E-state index is 14.2. The van der Waals surface area contributed by atoms with E-state index in [9.17, 15) is 12.8 Å². The molecule has 2 aliphatic heterocycles. The topological polar surface area (TPSA) is 65.0 Å². The quantitative estimate of drug-likeness (QED) is 0.890. The first-order valence-electron chi connectivity index (χ1n) is 7.26. The predicted molar refractivity (Wildman–Crippen MR) is 83.9 cm³/mol. The van der Waals surface area contributed by atoms with Crippen LogP contribution in [0.1, 0.15) is 12.0 Å². The fourth-order valence-electron chi connectivity index (χ4n) is 2.68. The first-order chi connectivity index (χ1) is 10.5. The molecule has 0 saturated carbocycles. The van der Waals surface area contributed by atoms with Gasteiger partial charge in [0.15, 0.2) is 5.96 Å². The Bertz CT molecular complexity index is 705. The van der Waals surface area contributed by atoms with Gasteiger partial charge in [-0.25, -0.2) is 12.8 Å². The highest BCUT2D eigenvalue weighted by Crippen LogP contribution is 2.27. The molecule has 0 spiro atoms. The first-order valence-corrected chi connectivity index (χ1v) is 8.86. The van der Waals surface area contributed by atoms with Gasteiger partial charge in [0.2, 0.25) is 10.0 Å². The van der Waals surface area contributed by atoms with Crippen LogP contribution in [0.15, 0.2) is 23.2 Å². The molecular formula is C14H19FN4O2S. The molecule has 1 aromatic carbocycles. The van der Waals surface area contributed by atoms with Crippen molar-refractivity contribution in [2.24, 2.45) is 4.99 Å². The van der Waals surface area contributed by atoms with Crippen LogP contribution in [0.4, 0.5) is 10.1 Å². The molecule has 0 radical (unpaired) electrons. The number of halogens is 1. The number of guanidine groups is 1. The van der Waals surface area contributed by atoms with Gasteiger partial charge in [0.25, 0.3) is 0 Å². The Morgan fingerprint density at radius 1 is 1.36 bits per heavy atom. The third kappa shape index (κ3) is 2.87.